The standard InChI is InChI=1S/C17H24N2O2/c1-14-12-19(10-11-21-14)17(20)13-18-9-5-8-16(18)15-6-3-2-4-7-15/h2-4,6-7,14,16H,5,8-13H2,1H3/t14-,16-/m1/s1. The zero-order chi connectivity index (χ0) is 14.7. The van der Waals surface area contributed by atoms with Crippen molar-refractivity contribution in [2.24, 2.45) is 0 Å². The van der Waals surface area contributed by atoms with Crippen LogP contribution in [-0.4, -0.2) is 54.6 Å². The third kappa shape index (κ3) is 3.44. The second-order valence-corrected chi connectivity index (χ2v) is 6.06. The van der Waals surface area contributed by atoms with Crippen molar-refractivity contribution in [2.75, 3.05) is 32.8 Å². The molecular weight excluding hydrogens is 264 g/mol. The maximum absolute atomic E-state index is 12.5. The Morgan fingerprint density at radius 3 is 2.86 bits per heavy atom. The molecule has 0 spiro atoms. The summed E-state index contributed by atoms with van der Waals surface area (Å²) in [5, 5.41) is 0. The van der Waals surface area contributed by atoms with E-state index in [2.05, 4.69) is 29.2 Å². The largest absolute Gasteiger partial charge is 0.375 e. The van der Waals surface area contributed by atoms with Crippen LogP contribution in [0.5, 0.6) is 0 Å². The Morgan fingerprint density at radius 1 is 1.29 bits per heavy atom. The molecule has 2 aliphatic heterocycles. The Labute approximate surface area is 126 Å². The van der Waals surface area contributed by atoms with Gasteiger partial charge in [-0.3, -0.25) is 9.69 Å². The molecule has 0 saturated carbocycles. The monoisotopic (exact) mass is 288 g/mol. The van der Waals surface area contributed by atoms with Crippen LogP contribution in [0.4, 0.5) is 0 Å². The number of rotatable bonds is 3. The van der Waals surface area contributed by atoms with E-state index in [4.69, 9.17) is 4.74 Å². The van der Waals surface area contributed by atoms with E-state index in [1.807, 2.05) is 17.9 Å². The normalized spacial score (nSPS) is 27.0. The van der Waals surface area contributed by atoms with Crippen LogP contribution >= 0.6 is 0 Å². The summed E-state index contributed by atoms with van der Waals surface area (Å²) >= 11 is 0. The lowest BCUT2D eigenvalue weighted by Crippen LogP contribution is -2.48. The molecule has 2 saturated heterocycles. The van der Waals surface area contributed by atoms with Crippen molar-refractivity contribution in [1.29, 1.82) is 0 Å². The molecule has 2 heterocycles. The van der Waals surface area contributed by atoms with Crippen molar-refractivity contribution in [3.05, 3.63) is 35.9 Å². The minimum atomic E-state index is 0.159. The number of amides is 1. The molecular formula is C17H24N2O2. The summed E-state index contributed by atoms with van der Waals surface area (Å²) in [7, 11) is 0. The number of ether oxygens (including phenoxy) is 1. The van der Waals surface area contributed by atoms with Gasteiger partial charge in [-0.05, 0) is 31.9 Å². The van der Waals surface area contributed by atoms with Crippen LogP contribution < -0.4 is 0 Å². The fourth-order valence-corrected chi connectivity index (χ4v) is 3.39. The first-order valence-electron chi connectivity index (χ1n) is 7.92. The Morgan fingerprint density at radius 2 is 2.10 bits per heavy atom. The van der Waals surface area contributed by atoms with Crippen molar-refractivity contribution in [2.45, 2.75) is 31.9 Å². The lowest BCUT2D eigenvalue weighted by Gasteiger charge is -2.33. The van der Waals surface area contributed by atoms with Gasteiger partial charge >= 0.3 is 0 Å². The highest BCUT2D eigenvalue weighted by molar-refractivity contribution is 5.78. The molecule has 2 aliphatic rings. The molecule has 3 rings (SSSR count). The van der Waals surface area contributed by atoms with Gasteiger partial charge < -0.3 is 9.64 Å². The highest BCUT2D eigenvalue weighted by atomic mass is 16.5. The molecule has 2 atom stereocenters. The molecule has 0 radical (unpaired) electrons. The SMILES string of the molecule is C[C@@H]1CN(C(=O)CN2CCC[C@@H]2c2ccccc2)CCO1. The lowest BCUT2D eigenvalue weighted by molar-refractivity contribution is -0.139. The number of carbonyl (C=O) groups excluding carboxylic acids is 1. The summed E-state index contributed by atoms with van der Waals surface area (Å²) in [6.07, 6.45) is 2.48. The topological polar surface area (TPSA) is 32.8 Å². The quantitative estimate of drug-likeness (QED) is 0.853. The molecule has 1 aromatic carbocycles. The van der Waals surface area contributed by atoms with Crippen LogP contribution in [0.2, 0.25) is 0 Å². The van der Waals surface area contributed by atoms with Crippen LogP contribution in [0.1, 0.15) is 31.4 Å². The van der Waals surface area contributed by atoms with E-state index in [1.54, 1.807) is 0 Å². The van der Waals surface area contributed by atoms with Crippen LogP contribution in [-0.2, 0) is 9.53 Å². The third-order valence-corrected chi connectivity index (χ3v) is 4.48. The van der Waals surface area contributed by atoms with Crippen molar-refractivity contribution in [3.63, 3.8) is 0 Å². The van der Waals surface area contributed by atoms with Gasteiger partial charge in [-0.1, -0.05) is 30.3 Å². The van der Waals surface area contributed by atoms with E-state index in [1.165, 1.54) is 12.0 Å². The second kappa shape index (κ2) is 6.58. The van der Waals surface area contributed by atoms with Gasteiger partial charge in [0.25, 0.3) is 0 Å². The van der Waals surface area contributed by atoms with Gasteiger partial charge in [0.15, 0.2) is 0 Å². The molecule has 4 nitrogen and oxygen atoms in total. The predicted molar refractivity (Wildman–Crippen MR) is 82.0 cm³/mol. The minimum absolute atomic E-state index is 0.159. The maximum atomic E-state index is 12.5. The van der Waals surface area contributed by atoms with Gasteiger partial charge in [-0.15, -0.1) is 0 Å². The lowest BCUT2D eigenvalue weighted by atomic mass is 10.0. The summed E-state index contributed by atoms with van der Waals surface area (Å²) in [5.74, 6) is 0.244. The molecule has 4 heteroatoms. The van der Waals surface area contributed by atoms with Gasteiger partial charge in [-0.25, -0.2) is 0 Å². The van der Waals surface area contributed by atoms with E-state index in [9.17, 15) is 4.79 Å². The number of benzene rings is 1. The highest BCUT2D eigenvalue weighted by Crippen LogP contribution is 2.31. The van der Waals surface area contributed by atoms with E-state index in [-0.39, 0.29) is 12.0 Å². The summed E-state index contributed by atoms with van der Waals surface area (Å²) < 4.78 is 5.51. The average Bonchev–Trinajstić information content (AvgIpc) is 2.96. The Hall–Kier alpha value is -1.39. The number of nitrogens with zero attached hydrogens (tertiary/aromatic N) is 2. The molecule has 0 N–H and O–H groups in total. The summed E-state index contributed by atoms with van der Waals surface area (Å²) in [4.78, 5) is 16.8. The molecule has 1 amide bonds. The van der Waals surface area contributed by atoms with Crippen molar-refractivity contribution in [3.8, 4) is 0 Å². The predicted octanol–water partition coefficient (Wildman–Crippen LogP) is 2.07. The Kier molecular flexibility index (Phi) is 4.56. The number of hydrogen-bond donors (Lipinski definition) is 0. The van der Waals surface area contributed by atoms with E-state index in [0.717, 1.165) is 26.1 Å². The van der Waals surface area contributed by atoms with Gasteiger partial charge in [0.1, 0.15) is 0 Å². The van der Waals surface area contributed by atoms with Crippen molar-refractivity contribution in [1.82, 2.24) is 9.80 Å². The average molecular weight is 288 g/mol. The smallest absolute Gasteiger partial charge is 0.236 e. The number of morpholine rings is 1. The fraction of sp³-hybridized carbons (Fsp3) is 0.588. The molecule has 21 heavy (non-hydrogen) atoms. The van der Waals surface area contributed by atoms with Crippen LogP contribution in [0.3, 0.4) is 0 Å². The van der Waals surface area contributed by atoms with Crippen molar-refractivity contribution < 1.29 is 9.53 Å². The van der Waals surface area contributed by atoms with Gasteiger partial charge in [0, 0.05) is 19.1 Å². The number of hydrogen-bond acceptors (Lipinski definition) is 3. The molecule has 114 valence electrons. The van der Waals surface area contributed by atoms with Crippen molar-refractivity contribution >= 4 is 5.91 Å². The first-order valence-corrected chi connectivity index (χ1v) is 7.92. The van der Waals surface area contributed by atoms with E-state index in [0.29, 0.717) is 19.2 Å². The molecule has 2 fully saturated rings. The van der Waals surface area contributed by atoms with E-state index >= 15 is 0 Å². The first kappa shape index (κ1) is 14.5. The fourth-order valence-electron chi connectivity index (χ4n) is 3.39. The summed E-state index contributed by atoms with van der Waals surface area (Å²) in [6, 6.07) is 10.9. The third-order valence-electron chi connectivity index (χ3n) is 4.48. The zero-order valence-corrected chi connectivity index (χ0v) is 12.7. The molecule has 0 unspecified atom stereocenters. The molecule has 0 aliphatic carbocycles. The van der Waals surface area contributed by atoms with E-state index < -0.39 is 0 Å². The zero-order valence-electron chi connectivity index (χ0n) is 12.7. The molecule has 1 aromatic rings. The minimum Gasteiger partial charge on any atom is -0.375 e. The van der Waals surface area contributed by atoms with Gasteiger partial charge in [0.05, 0.1) is 19.3 Å². The van der Waals surface area contributed by atoms with Crippen LogP contribution in [0.25, 0.3) is 0 Å². The molecule has 0 aromatic heterocycles. The van der Waals surface area contributed by atoms with Gasteiger partial charge in [-0.2, -0.15) is 0 Å². The van der Waals surface area contributed by atoms with Crippen LogP contribution in [0.15, 0.2) is 30.3 Å². The Bertz CT molecular complexity index is 477. The molecule has 0 bridgehead atoms. The number of likely N-dealkylation sites (tertiary alicyclic amines) is 1. The highest BCUT2D eigenvalue weighted by Gasteiger charge is 2.30. The van der Waals surface area contributed by atoms with Crippen LogP contribution in [0, 0.1) is 0 Å². The first-order chi connectivity index (χ1) is 10.2. The number of carbonyl (C=O) groups is 1. The maximum Gasteiger partial charge on any atom is 0.236 e. The second-order valence-electron chi connectivity index (χ2n) is 6.06. The summed E-state index contributed by atoms with van der Waals surface area (Å²) in [6.45, 7) is 5.70. The summed E-state index contributed by atoms with van der Waals surface area (Å²) in [5.41, 5.74) is 1.33. The Balaban J connectivity index is 1.62. The van der Waals surface area contributed by atoms with Gasteiger partial charge in [0.2, 0.25) is 5.91 Å².